The van der Waals surface area contributed by atoms with E-state index in [1.54, 1.807) is 6.08 Å². The van der Waals surface area contributed by atoms with Gasteiger partial charge in [-0.25, -0.2) is 9.34 Å². The minimum Gasteiger partial charge on any atom is -0.379 e. The summed E-state index contributed by atoms with van der Waals surface area (Å²) in [5.74, 6) is 1.41. The molecule has 0 bridgehead atoms. The van der Waals surface area contributed by atoms with Gasteiger partial charge in [0, 0.05) is 51.7 Å². The molecule has 0 spiro atoms. The second-order valence-electron chi connectivity index (χ2n) is 6.50. The average molecular weight is 431 g/mol. The van der Waals surface area contributed by atoms with Crippen LogP contribution in [0.4, 0.5) is 0 Å². The Labute approximate surface area is 172 Å². The third-order valence-electron chi connectivity index (χ3n) is 4.21. The number of nitrogens with zero attached hydrogens (tertiary/aromatic N) is 3. The van der Waals surface area contributed by atoms with Gasteiger partial charge in [-0.05, 0) is 26.3 Å². The van der Waals surface area contributed by atoms with Crippen molar-refractivity contribution in [1.82, 2.24) is 9.34 Å². The third-order valence-corrected chi connectivity index (χ3v) is 8.21. The van der Waals surface area contributed by atoms with E-state index in [9.17, 15) is 4.57 Å². The summed E-state index contributed by atoms with van der Waals surface area (Å²) in [4.78, 5) is 0. The van der Waals surface area contributed by atoms with Crippen LogP contribution >= 0.6 is 16.0 Å². The molecule has 1 saturated heterocycles. The van der Waals surface area contributed by atoms with Crippen molar-refractivity contribution in [2.24, 2.45) is 0 Å². The SMILES string of the molecule is [B]C1CCN(P(OCCC#N)N(CC)C(C)C)CC(/C=C/P(=O)(OC)OC)O1. The Hall–Kier alpha value is -0.285. The second-order valence-corrected chi connectivity index (χ2v) is 10.5. The topological polar surface area (TPSA) is 84.3 Å². The molecular formula is C17H32BN3O5P2. The van der Waals surface area contributed by atoms with Gasteiger partial charge in [0.15, 0.2) is 8.45 Å². The first kappa shape index (κ1) is 25.8. The van der Waals surface area contributed by atoms with E-state index in [4.69, 9.17) is 31.4 Å². The predicted octanol–water partition coefficient (Wildman–Crippen LogP) is 3.46. The van der Waals surface area contributed by atoms with Gasteiger partial charge in [0.05, 0.1) is 25.2 Å². The van der Waals surface area contributed by atoms with Crippen molar-refractivity contribution in [2.45, 2.75) is 51.8 Å². The summed E-state index contributed by atoms with van der Waals surface area (Å²) in [5.41, 5.74) is 0. The molecule has 8 nitrogen and oxygen atoms in total. The summed E-state index contributed by atoms with van der Waals surface area (Å²) in [6.45, 7) is 8.77. The first-order valence-corrected chi connectivity index (χ1v) is 12.2. The Morgan fingerprint density at radius 1 is 1.46 bits per heavy atom. The molecule has 0 aromatic carbocycles. The number of ether oxygens (including phenoxy) is 1. The van der Waals surface area contributed by atoms with Crippen LogP contribution in [-0.2, 0) is 22.9 Å². The molecule has 1 aliphatic rings. The molecule has 1 fully saturated rings. The van der Waals surface area contributed by atoms with Gasteiger partial charge >= 0.3 is 7.60 Å². The van der Waals surface area contributed by atoms with E-state index in [-0.39, 0.29) is 12.1 Å². The van der Waals surface area contributed by atoms with Gasteiger partial charge in [0.25, 0.3) is 0 Å². The normalized spacial score (nSPS) is 23.2. The maximum Gasteiger partial charge on any atom is 0.353 e. The monoisotopic (exact) mass is 431 g/mol. The minimum absolute atomic E-state index is 0.284. The zero-order valence-electron chi connectivity index (χ0n) is 17.5. The van der Waals surface area contributed by atoms with Crippen molar-refractivity contribution in [2.75, 3.05) is 40.5 Å². The molecule has 0 saturated carbocycles. The highest BCUT2D eigenvalue weighted by molar-refractivity contribution is 7.57. The van der Waals surface area contributed by atoms with E-state index in [1.807, 2.05) is 0 Å². The van der Waals surface area contributed by atoms with Crippen LogP contribution in [0, 0.1) is 11.3 Å². The van der Waals surface area contributed by atoms with Crippen LogP contribution in [-0.4, -0.2) is 75.8 Å². The number of rotatable bonds is 11. The lowest BCUT2D eigenvalue weighted by Crippen LogP contribution is -2.37. The summed E-state index contributed by atoms with van der Waals surface area (Å²) >= 11 is 0. The van der Waals surface area contributed by atoms with E-state index < -0.39 is 22.0 Å². The highest BCUT2D eigenvalue weighted by Gasteiger charge is 2.32. The standard InChI is InChI=1S/C17H32BN3O5P2/c1-6-21(15(2)3)27(25-12-7-10-19)20-11-8-17(18)26-16(14-20)9-13-28(22,23-4)24-5/h9,13,15-17H,6-8,11-12,14H2,1-5H3/b13-9+. The number of hydrogen-bond acceptors (Lipinski definition) is 8. The Morgan fingerprint density at radius 2 is 2.14 bits per heavy atom. The van der Waals surface area contributed by atoms with Crippen molar-refractivity contribution in [3.8, 4) is 6.07 Å². The Bertz CT molecular complexity index is 567. The minimum atomic E-state index is -3.28. The van der Waals surface area contributed by atoms with Gasteiger partial charge in [-0.3, -0.25) is 4.57 Å². The van der Waals surface area contributed by atoms with Crippen molar-refractivity contribution in [3.05, 3.63) is 11.9 Å². The van der Waals surface area contributed by atoms with Crippen molar-refractivity contribution in [1.29, 1.82) is 5.26 Å². The molecule has 11 heteroatoms. The van der Waals surface area contributed by atoms with Gasteiger partial charge in [0.1, 0.15) is 7.85 Å². The molecule has 0 N–H and O–H groups in total. The number of hydrogen-bond donors (Lipinski definition) is 0. The van der Waals surface area contributed by atoms with Crippen LogP contribution in [0.2, 0.25) is 0 Å². The Morgan fingerprint density at radius 3 is 2.68 bits per heavy atom. The lowest BCUT2D eigenvalue weighted by Gasteiger charge is -2.39. The fraction of sp³-hybridized carbons (Fsp3) is 0.824. The van der Waals surface area contributed by atoms with Crippen molar-refractivity contribution < 1.29 is 22.9 Å². The molecule has 3 atom stereocenters. The van der Waals surface area contributed by atoms with Gasteiger partial charge in [-0.1, -0.05) is 6.92 Å². The summed E-state index contributed by atoms with van der Waals surface area (Å²) in [7, 11) is 4.39. The fourth-order valence-corrected chi connectivity index (χ4v) is 5.66. The summed E-state index contributed by atoms with van der Waals surface area (Å²) in [5, 5.41) is 8.86. The van der Waals surface area contributed by atoms with Crippen LogP contribution in [0.3, 0.4) is 0 Å². The van der Waals surface area contributed by atoms with E-state index in [0.29, 0.717) is 32.5 Å². The molecule has 1 aliphatic heterocycles. The zero-order valence-corrected chi connectivity index (χ0v) is 19.3. The lowest BCUT2D eigenvalue weighted by molar-refractivity contribution is 0.0679. The van der Waals surface area contributed by atoms with Gasteiger partial charge < -0.3 is 18.3 Å². The maximum atomic E-state index is 12.3. The van der Waals surface area contributed by atoms with Gasteiger partial charge in [-0.2, -0.15) is 5.26 Å². The van der Waals surface area contributed by atoms with E-state index in [0.717, 1.165) is 6.54 Å². The highest BCUT2D eigenvalue weighted by Crippen LogP contribution is 2.49. The number of nitriles is 1. The van der Waals surface area contributed by atoms with E-state index in [2.05, 4.69) is 36.2 Å². The fourth-order valence-electron chi connectivity index (χ4n) is 2.75. The van der Waals surface area contributed by atoms with Crippen molar-refractivity contribution >= 4 is 23.9 Å². The molecule has 0 aromatic heterocycles. The molecule has 2 radical (unpaired) electrons. The lowest BCUT2D eigenvalue weighted by atomic mass is 9.97. The van der Waals surface area contributed by atoms with Crippen molar-refractivity contribution in [3.63, 3.8) is 0 Å². The summed E-state index contributed by atoms with van der Waals surface area (Å²) < 4.78 is 38.7. The quantitative estimate of drug-likeness (QED) is 0.280. The van der Waals surface area contributed by atoms with Crippen LogP contribution in [0.1, 0.15) is 33.6 Å². The largest absolute Gasteiger partial charge is 0.379 e. The summed E-state index contributed by atoms with van der Waals surface area (Å²) in [6.07, 6.45) is 2.28. The van der Waals surface area contributed by atoms with E-state index in [1.165, 1.54) is 20.0 Å². The predicted molar refractivity (Wildman–Crippen MR) is 112 cm³/mol. The molecule has 0 aromatic rings. The zero-order chi connectivity index (χ0) is 21.2. The summed E-state index contributed by atoms with van der Waals surface area (Å²) in [6, 6.07) is 1.97. The molecule has 1 heterocycles. The first-order chi connectivity index (χ1) is 13.3. The average Bonchev–Trinajstić information content (AvgIpc) is 2.86. The van der Waals surface area contributed by atoms with E-state index >= 15 is 0 Å². The van der Waals surface area contributed by atoms with Gasteiger partial charge in [0.2, 0.25) is 0 Å². The van der Waals surface area contributed by atoms with Crippen LogP contribution in [0.15, 0.2) is 11.9 Å². The molecule has 28 heavy (non-hydrogen) atoms. The smallest absolute Gasteiger partial charge is 0.353 e. The maximum absolute atomic E-state index is 12.3. The molecule has 0 amide bonds. The highest BCUT2D eigenvalue weighted by atomic mass is 31.2. The molecule has 158 valence electrons. The van der Waals surface area contributed by atoms with Crippen LogP contribution in [0.25, 0.3) is 0 Å². The van der Waals surface area contributed by atoms with Crippen LogP contribution < -0.4 is 0 Å². The molecule has 1 rings (SSSR count). The Balaban J connectivity index is 3.03. The third kappa shape index (κ3) is 8.22. The molecular weight excluding hydrogens is 399 g/mol. The molecule has 3 unspecified atom stereocenters. The first-order valence-electron chi connectivity index (χ1n) is 9.43. The Kier molecular flexibility index (Phi) is 12.1. The second kappa shape index (κ2) is 13.1. The van der Waals surface area contributed by atoms with Crippen LogP contribution in [0.5, 0.6) is 0 Å². The van der Waals surface area contributed by atoms with Gasteiger partial charge in [-0.15, -0.1) is 0 Å². The molecule has 0 aliphatic carbocycles.